The molecule has 8 heteroatoms. The van der Waals surface area contributed by atoms with Gasteiger partial charge in [-0.25, -0.2) is 13.9 Å². The Balaban J connectivity index is 1.57. The van der Waals surface area contributed by atoms with Gasteiger partial charge in [0.05, 0.1) is 24.0 Å². The number of carbonyl (C=O) groups is 1. The first-order valence-corrected chi connectivity index (χ1v) is 9.51. The van der Waals surface area contributed by atoms with Crippen molar-refractivity contribution in [2.24, 2.45) is 0 Å². The van der Waals surface area contributed by atoms with E-state index in [4.69, 9.17) is 5.10 Å². The van der Waals surface area contributed by atoms with Crippen molar-refractivity contribution in [1.29, 1.82) is 0 Å². The van der Waals surface area contributed by atoms with Gasteiger partial charge in [-0.05, 0) is 35.9 Å². The number of rotatable bonds is 3. The monoisotopic (exact) mass is 390 g/mol. The maximum Gasteiger partial charge on any atom is 0.239 e. The van der Waals surface area contributed by atoms with Gasteiger partial charge in [-0.15, -0.1) is 5.10 Å². The summed E-state index contributed by atoms with van der Waals surface area (Å²) < 4.78 is 16.9. The molecule has 4 aromatic rings. The van der Waals surface area contributed by atoms with E-state index < -0.39 is 0 Å². The Morgan fingerprint density at radius 1 is 1.17 bits per heavy atom. The van der Waals surface area contributed by atoms with Gasteiger partial charge in [-0.3, -0.25) is 9.78 Å². The van der Waals surface area contributed by atoms with Gasteiger partial charge < -0.3 is 10.2 Å². The van der Waals surface area contributed by atoms with E-state index in [0.717, 1.165) is 5.69 Å². The van der Waals surface area contributed by atoms with Crippen LogP contribution in [0.4, 0.5) is 10.2 Å². The van der Waals surface area contributed by atoms with Crippen LogP contribution in [0.1, 0.15) is 24.1 Å². The molecule has 1 unspecified atom stereocenters. The van der Waals surface area contributed by atoms with Crippen LogP contribution < -0.4 is 10.2 Å². The number of pyridine rings is 1. The Morgan fingerprint density at radius 2 is 2.07 bits per heavy atom. The number of amides is 1. The van der Waals surface area contributed by atoms with Crippen molar-refractivity contribution >= 4 is 28.3 Å². The number of hydrogen-bond acceptors (Lipinski definition) is 5. The summed E-state index contributed by atoms with van der Waals surface area (Å²) in [5.41, 5.74) is 2.66. The van der Waals surface area contributed by atoms with Crippen LogP contribution in [0.5, 0.6) is 0 Å². The third-order valence-electron chi connectivity index (χ3n) is 5.40. The predicted molar refractivity (Wildman–Crippen MR) is 107 cm³/mol. The number of fused-ring (bicyclic) bond motifs is 2. The van der Waals surface area contributed by atoms with Gasteiger partial charge in [0.1, 0.15) is 11.6 Å². The summed E-state index contributed by atoms with van der Waals surface area (Å²) in [6.45, 7) is 3.48. The van der Waals surface area contributed by atoms with Crippen LogP contribution in [-0.4, -0.2) is 45.1 Å². The molecular formula is C21H19FN6O. The van der Waals surface area contributed by atoms with Crippen molar-refractivity contribution in [3.05, 3.63) is 65.9 Å². The van der Waals surface area contributed by atoms with Gasteiger partial charge in [0.25, 0.3) is 0 Å². The average molecular weight is 390 g/mol. The highest BCUT2D eigenvalue weighted by atomic mass is 19.1. The van der Waals surface area contributed by atoms with E-state index in [-0.39, 0.29) is 24.2 Å². The number of hydrogen-bond donors (Lipinski definition) is 1. The highest BCUT2D eigenvalue weighted by Crippen LogP contribution is 2.30. The number of anilines is 1. The molecule has 1 aromatic carbocycles. The number of halogens is 1. The van der Waals surface area contributed by atoms with Gasteiger partial charge in [0, 0.05) is 30.6 Å². The van der Waals surface area contributed by atoms with Crippen molar-refractivity contribution in [2.45, 2.75) is 12.8 Å². The standard InChI is InChI=1S/C21H19FN6O/c1-13(14-4-5-16-15(21(14)22)3-2-8-23-16)17-11-25-18-6-7-19(26-28(17)18)27-10-9-24-20(29)12-27/h2-8,11,13H,9-10,12H2,1H3,(H,24,29). The highest BCUT2D eigenvalue weighted by Gasteiger charge is 2.22. The fourth-order valence-corrected chi connectivity index (χ4v) is 3.81. The molecule has 1 atom stereocenters. The summed E-state index contributed by atoms with van der Waals surface area (Å²) in [4.78, 5) is 22.3. The second-order valence-corrected chi connectivity index (χ2v) is 7.18. The fourth-order valence-electron chi connectivity index (χ4n) is 3.81. The summed E-state index contributed by atoms with van der Waals surface area (Å²) in [5, 5.41) is 8.01. The second-order valence-electron chi connectivity index (χ2n) is 7.18. The van der Waals surface area contributed by atoms with Crippen molar-refractivity contribution in [2.75, 3.05) is 24.5 Å². The number of nitrogens with one attached hydrogen (secondary N) is 1. The predicted octanol–water partition coefficient (Wildman–Crippen LogP) is 2.50. The van der Waals surface area contributed by atoms with E-state index in [9.17, 15) is 4.79 Å². The maximum absolute atomic E-state index is 15.2. The summed E-state index contributed by atoms with van der Waals surface area (Å²) >= 11 is 0. The number of aromatic nitrogens is 4. The van der Waals surface area contributed by atoms with Crippen LogP contribution >= 0.6 is 0 Å². The average Bonchev–Trinajstić information content (AvgIpc) is 3.17. The quantitative estimate of drug-likeness (QED) is 0.582. The molecule has 0 spiro atoms. The minimum Gasteiger partial charge on any atom is -0.353 e. The smallest absolute Gasteiger partial charge is 0.239 e. The molecule has 0 aliphatic carbocycles. The number of piperazine rings is 1. The first-order chi connectivity index (χ1) is 14.1. The Labute approximate surface area is 166 Å². The van der Waals surface area contributed by atoms with E-state index in [1.165, 1.54) is 0 Å². The normalized spacial score (nSPS) is 15.7. The summed E-state index contributed by atoms with van der Waals surface area (Å²) in [6, 6.07) is 10.8. The molecule has 1 N–H and O–H groups in total. The Hall–Kier alpha value is -3.55. The molecule has 5 rings (SSSR count). The minimum absolute atomic E-state index is 0.0239. The molecule has 4 heterocycles. The van der Waals surface area contributed by atoms with Crippen LogP contribution in [0.3, 0.4) is 0 Å². The van der Waals surface area contributed by atoms with E-state index in [0.29, 0.717) is 41.0 Å². The van der Waals surface area contributed by atoms with Crippen molar-refractivity contribution < 1.29 is 9.18 Å². The first kappa shape index (κ1) is 17.5. The third kappa shape index (κ3) is 2.97. The molecule has 1 fully saturated rings. The van der Waals surface area contributed by atoms with Crippen LogP contribution in [0, 0.1) is 5.82 Å². The number of carbonyl (C=O) groups excluding carboxylic acids is 1. The molecule has 0 bridgehead atoms. The highest BCUT2D eigenvalue weighted by molar-refractivity contribution is 5.82. The molecule has 0 radical (unpaired) electrons. The molecule has 1 aliphatic heterocycles. The molecule has 29 heavy (non-hydrogen) atoms. The van der Waals surface area contributed by atoms with E-state index in [2.05, 4.69) is 15.3 Å². The largest absolute Gasteiger partial charge is 0.353 e. The fraction of sp³-hybridized carbons (Fsp3) is 0.238. The zero-order chi connectivity index (χ0) is 20.0. The molecule has 146 valence electrons. The number of benzene rings is 1. The zero-order valence-corrected chi connectivity index (χ0v) is 15.8. The van der Waals surface area contributed by atoms with Crippen molar-refractivity contribution in [3.8, 4) is 0 Å². The summed E-state index contributed by atoms with van der Waals surface area (Å²) in [6.07, 6.45) is 3.38. The molecule has 0 saturated carbocycles. The zero-order valence-electron chi connectivity index (χ0n) is 15.8. The Morgan fingerprint density at radius 3 is 2.93 bits per heavy atom. The van der Waals surface area contributed by atoms with Crippen molar-refractivity contribution in [1.82, 2.24) is 24.9 Å². The van der Waals surface area contributed by atoms with Crippen LogP contribution in [-0.2, 0) is 4.79 Å². The van der Waals surface area contributed by atoms with Crippen LogP contribution in [0.25, 0.3) is 16.6 Å². The number of imidazole rings is 1. The first-order valence-electron chi connectivity index (χ1n) is 9.51. The Kier molecular flexibility index (Phi) is 4.12. The lowest BCUT2D eigenvalue weighted by atomic mass is 9.96. The summed E-state index contributed by atoms with van der Waals surface area (Å²) in [7, 11) is 0. The van der Waals surface area contributed by atoms with Gasteiger partial charge in [0.2, 0.25) is 5.91 Å². The molecule has 1 amide bonds. The summed E-state index contributed by atoms with van der Waals surface area (Å²) in [5.74, 6) is 0.134. The molecule has 3 aromatic heterocycles. The van der Waals surface area contributed by atoms with E-state index >= 15 is 4.39 Å². The Bertz CT molecular complexity index is 1240. The molecule has 7 nitrogen and oxygen atoms in total. The second kappa shape index (κ2) is 6.80. The van der Waals surface area contributed by atoms with Crippen molar-refractivity contribution in [3.63, 3.8) is 0 Å². The molecule has 1 saturated heterocycles. The maximum atomic E-state index is 15.2. The minimum atomic E-state index is -0.276. The lowest BCUT2D eigenvalue weighted by Crippen LogP contribution is -2.48. The molecular weight excluding hydrogens is 371 g/mol. The van der Waals surface area contributed by atoms with Crippen LogP contribution in [0.2, 0.25) is 0 Å². The van der Waals surface area contributed by atoms with Gasteiger partial charge in [0.15, 0.2) is 5.65 Å². The topological polar surface area (TPSA) is 75.4 Å². The SMILES string of the molecule is CC(c1ccc2ncccc2c1F)c1cnc2ccc(N3CCNC(=O)C3)nn12. The van der Waals surface area contributed by atoms with Gasteiger partial charge >= 0.3 is 0 Å². The van der Waals surface area contributed by atoms with Crippen LogP contribution in [0.15, 0.2) is 48.8 Å². The third-order valence-corrected chi connectivity index (χ3v) is 5.40. The number of nitrogens with zero attached hydrogens (tertiary/aromatic N) is 5. The van der Waals surface area contributed by atoms with E-state index in [1.807, 2.05) is 30.0 Å². The lowest BCUT2D eigenvalue weighted by molar-refractivity contribution is -0.120. The lowest BCUT2D eigenvalue weighted by Gasteiger charge is -2.27. The molecule has 1 aliphatic rings. The van der Waals surface area contributed by atoms with E-state index in [1.54, 1.807) is 35.1 Å². The van der Waals surface area contributed by atoms with Gasteiger partial charge in [-0.2, -0.15) is 0 Å². The van der Waals surface area contributed by atoms with Gasteiger partial charge in [-0.1, -0.05) is 13.0 Å².